The highest BCUT2D eigenvalue weighted by molar-refractivity contribution is 5.79. The number of likely N-dealkylation sites (tertiary alicyclic amines) is 1. The Hall–Kier alpha value is -1.30. The summed E-state index contributed by atoms with van der Waals surface area (Å²) in [4.78, 5) is 24.0. The lowest BCUT2D eigenvalue weighted by Gasteiger charge is -2.37. The maximum atomic E-state index is 12.6. The van der Waals surface area contributed by atoms with Crippen LogP contribution >= 0.6 is 0 Å². The first-order valence-electron chi connectivity index (χ1n) is 10.7. The van der Waals surface area contributed by atoms with E-state index >= 15 is 0 Å². The maximum Gasteiger partial charge on any atom is 0.225 e. The summed E-state index contributed by atoms with van der Waals surface area (Å²) in [6, 6.07) is 0. The highest BCUT2D eigenvalue weighted by Gasteiger charge is 2.28. The first-order chi connectivity index (χ1) is 12.6. The van der Waals surface area contributed by atoms with Gasteiger partial charge in [0.1, 0.15) is 0 Å². The van der Waals surface area contributed by atoms with Crippen LogP contribution in [0.2, 0.25) is 0 Å². The molecule has 6 nitrogen and oxygen atoms in total. The number of nitrogens with two attached hydrogens (primary N) is 1. The lowest BCUT2D eigenvalue weighted by Crippen LogP contribution is -2.51. The van der Waals surface area contributed by atoms with Gasteiger partial charge in [-0.2, -0.15) is 0 Å². The number of piperidine rings is 1. The summed E-state index contributed by atoms with van der Waals surface area (Å²) in [5, 5.41) is 0. The molecule has 3 aliphatic rings. The summed E-state index contributed by atoms with van der Waals surface area (Å²) in [5.74, 6) is 2.13. The Bertz CT molecular complexity index is 481. The Morgan fingerprint density at radius 1 is 0.962 bits per heavy atom. The van der Waals surface area contributed by atoms with Gasteiger partial charge in [0.15, 0.2) is 5.96 Å². The number of rotatable bonds is 4. The molecule has 0 radical (unpaired) electrons. The van der Waals surface area contributed by atoms with E-state index in [4.69, 9.17) is 5.73 Å². The van der Waals surface area contributed by atoms with Crippen LogP contribution in [0.1, 0.15) is 51.9 Å². The average Bonchev–Trinajstić information content (AvgIpc) is 2.68. The minimum Gasteiger partial charge on any atom is -0.370 e. The normalized spacial score (nSPS) is 27.0. The Kier molecular flexibility index (Phi) is 7.17. The van der Waals surface area contributed by atoms with Gasteiger partial charge in [-0.05, 0) is 31.6 Å². The zero-order chi connectivity index (χ0) is 18.4. The SMILES string of the molecule is CC1CCCN(C(N)=NCCN2CCN(C(=O)C3CCCCC3)CC2)C1. The van der Waals surface area contributed by atoms with Crippen molar-refractivity contribution in [1.29, 1.82) is 0 Å². The van der Waals surface area contributed by atoms with Crippen molar-refractivity contribution in [3.05, 3.63) is 0 Å². The van der Waals surface area contributed by atoms with E-state index in [1.165, 1.54) is 32.1 Å². The predicted molar refractivity (Wildman–Crippen MR) is 106 cm³/mol. The molecule has 3 rings (SSSR count). The summed E-state index contributed by atoms with van der Waals surface area (Å²) >= 11 is 0. The van der Waals surface area contributed by atoms with Gasteiger partial charge in [-0.25, -0.2) is 0 Å². The molecule has 26 heavy (non-hydrogen) atoms. The van der Waals surface area contributed by atoms with Crippen LogP contribution in [0.4, 0.5) is 0 Å². The van der Waals surface area contributed by atoms with Crippen molar-refractivity contribution in [1.82, 2.24) is 14.7 Å². The molecule has 0 spiro atoms. The van der Waals surface area contributed by atoms with Crippen LogP contribution < -0.4 is 5.73 Å². The fourth-order valence-corrected chi connectivity index (χ4v) is 4.60. The quantitative estimate of drug-likeness (QED) is 0.611. The van der Waals surface area contributed by atoms with E-state index in [2.05, 4.69) is 26.6 Å². The van der Waals surface area contributed by atoms with Gasteiger partial charge in [-0.3, -0.25) is 14.7 Å². The van der Waals surface area contributed by atoms with Crippen LogP contribution in [-0.2, 0) is 4.79 Å². The molecule has 1 aliphatic carbocycles. The molecular formula is C20H37N5O. The van der Waals surface area contributed by atoms with Gasteiger partial charge in [0.25, 0.3) is 0 Å². The Morgan fingerprint density at radius 2 is 1.69 bits per heavy atom. The molecule has 0 aromatic heterocycles. The molecule has 6 heteroatoms. The molecule has 148 valence electrons. The van der Waals surface area contributed by atoms with Crippen LogP contribution in [0.25, 0.3) is 0 Å². The number of carbonyl (C=O) groups is 1. The van der Waals surface area contributed by atoms with E-state index in [1.54, 1.807) is 0 Å². The molecule has 0 aromatic rings. The second kappa shape index (κ2) is 9.58. The lowest BCUT2D eigenvalue weighted by atomic mass is 9.88. The second-order valence-corrected chi connectivity index (χ2v) is 8.44. The molecular weight excluding hydrogens is 326 g/mol. The van der Waals surface area contributed by atoms with Crippen molar-refractivity contribution in [2.24, 2.45) is 22.6 Å². The summed E-state index contributed by atoms with van der Waals surface area (Å²) < 4.78 is 0. The van der Waals surface area contributed by atoms with E-state index < -0.39 is 0 Å². The fraction of sp³-hybridized carbons (Fsp3) is 0.900. The van der Waals surface area contributed by atoms with Crippen molar-refractivity contribution < 1.29 is 4.79 Å². The second-order valence-electron chi connectivity index (χ2n) is 8.44. The van der Waals surface area contributed by atoms with Gasteiger partial charge in [-0.1, -0.05) is 26.2 Å². The molecule has 2 N–H and O–H groups in total. The third-order valence-electron chi connectivity index (χ3n) is 6.31. The monoisotopic (exact) mass is 363 g/mol. The molecule has 3 fully saturated rings. The number of hydrogen-bond acceptors (Lipinski definition) is 3. The number of hydrogen-bond donors (Lipinski definition) is 1. The summed E-state index contributed by atoms with van der Waals surface area (Å²) in [5.41, 5.74) is 6.18. The zero-order valence-corrected chi connectivity index (χ0v) is 16.5. The van der Waals surface area contributed by atoms with Gasteiger partial charge in [0, 0.05) is 51.7 Å². The molecule has 0 aromatic carbocycles. The predicted octanol–water partition coefficient (Wildman–Crippen LogP) is 1.76. The molecule has 2 heterocycles. The topological polar surface area (TPSA) is 65.2 Å². The average molecular weight is 364 g/mol. The van der Waals surface area contributed by atoms with Crippen molar-refractivity contribution in [3.8, 4) is 0 Å². The third kappa shape index (κ3) is 5.35. The molecule has 1 unspecified atom stereocenters. The summed E-state index contributed by atoms with van der Waals surface area (Å²) in [6.45, 7) is 9.74. The third-order valence-corrected chi connectivity index (χ3v) is 6.31. The van der Waals surface area contributed by atoms with Gasteiger partial charge >= 0.3 is 0 Å². The number of piperazine rings is 1. The summed E-state index contributed by atoms with van der Waals surface area (Å²) in [6.07, 6.45) is 8.47. The molecule has 1 saturated carbocycles. The zero-order valence-electron chi connectivity index (χ0n) is 16.5. The largest absolute Gasteiger partial charge is 0.370 e. The summed E-state index contributed by atoms with van der Waals surface area (Å²) in [7, 11) is 0. The number of nitrogens with zero attached hydrogens (tertiary/aromatic N) is 4. The van der Waals surface area contributed by atoms with Crippen LogP contribution in [-0.4, -0.2) is 78.9 Å². The van der Waals surface area contributed by atoms with Crippen molar-refractivity contribution in [2.75, 3.05) is 52.4 Å². The number of amides is 1. The highest BCUT2D eigenvalue weighted by Crippen LogP contribution is 2.25. The molecule has 1 amide bonds. The van der Waals surface area contributed by atoms with Gasteiger partial charge in [0.2, 0.25) is 5.91 Å². The first-order valence-corrected chi connectivity index (χ1v) is 10.7. The lowest BCUT2D eigenvalue weighted by molar-refractivity contribution is -0.138. The molecule has 2 saturated heterocycles. The van der Waals surface area contributed by atoms with Gasteiger partial charge < -0.3 is 15.5 Å². The van der Waals surface area contributed by atoms with E-state index in [0.717, 1.165) is 65.2 Å². The minimum absolute atomic E-state index is 0.298. The Balaban J connectivity index is 1.36. The minimum atomic E-state index is 0.298. The Morgan fingerprint density at radius 3 is 2.38 bits per heavy atom. The standard InChI is InChI=1S/C20H37N5O/c1-17-6-5-10-25(16-17)20(21)22-9-11-23-12-14-24(15-13-23)19(26)18-7-3-2-4-8-18/h17-18H,2-16H2,1H3,(H2,21,22). The highest BCUT2D eigenvalue weighted by atomic mass is 16.2. The van der Waals surface area contributed by atoms with Gasteiger partial charge in [0.05, 0.1) is 6.54 Å². The number of aliphatic imine (C=N–C) groups is 1. The van der Waals surface area contributed by atoms with E-state index in [1.807, 2.05) is 0 Å². The first kappa shape index (κ1) is 19.5. The van der Waals surface area contributed by atoms with E-state index in [-0.39, 0.29) is 0 Å². The fourth-order valence-electron chi connectivity index (χ4n) is 4.60. The van der Waals surface area contributed by atoms with Crippen LogP contribution in [0, 0.1) is 11.8 Å². The molecule has 1 atom stereocenters. The van der Waals surface area contributed by atoms with Crippen molar-refractivity contribution >= 4 is 11.9 Å². The Labute approximate surface area is 158 Å². The van der Waals surface area contributed by atoms with Crippen LogP contribution in [0.5, 0.6) is 0 Å². The van der Waals surface area contributed by atoms with E-state index in [9.17, 15) is 4.79 Å². The number of guanidine groups is 1. The van der Waals surface area contributed by atoms with Gasteiger partial charge in [-0.15, -0.1) is 0 Å². The van der Waals surface area contributed by atoms with Crippen LogP contribution in [0.15, 0.2) is 4.99 Å². The maximum absolute atomic E-state index is 12.6. The van der Waals surface area contributed by atoms with E-state index in [0.29, 0.717) is 23.7 Å². The van der Waals surface area contributed by atoms with Crippen molar-refractivity contribution in [2.45, 2.75) is 51.9 Å². The van der Waals surface area contributed by atoms with Crippen LogP contribution in [0.3, 0.4) is 0 Å². The van der Waals surface area contributed by atoms with Crippen molar-refractivity contribution in [3.63, 3.8) is 0 Å². The molecule has 0 bridgehead atoms. The number of carbonyl (C=O) groups excluding carboxylic acids is 1. The smallest absolute Gasteiger partial charge is 0.225 e. The molecule has 2 aliphatic heterocycles.